The molecule has 0 aromatic carbocycles. The summed E-state index contributed by atoms with van der Waals surface area (Å²) in [4.78, 5) is 12.0. The molecule has 2 rings (SSSR count). The highest BCUT2D eigenvalue weighted by molar-refractivity contribution is 5.13. The van der Waals surface area contributed by atoms with Crippen LogP contribution >= 0.6 is 0 Å². The molecule has 15 heavy (non-hydrogen) atoms. The van der Waals surface area contributed by atoms with E-state index in [4.69, 9.17) is 4.74 Å². The number of hydrogen-bond donors (Lipinski definition) is 0. The van der Waals surface area contributed by atoms with Gasteiger partial charge in [0.05, 0.1) is 18.1 Å². The lowest BCUT2D eigenvalue weighted by atomic mass is 10.3. The predicted octanol–water partition coefficient (Wildman–Crippen LogP) is 1.76. The first kappa shape index (κ1) is 9.58. The Balaban J connectivity index is 1.99. The molecule has 0 fully saturated rings. The fourth-order valence-corrected chi connectivity index (χ4v) is 1.20. The number of pyridine rings is 1. The predicted molar refractivity (Wildman–Crippen MR) is 55.3 cm³/mol. The van der Waals surface area contributed by atoms with Crippen LogP contribution in [0, 0.1) is 6.92 Å². The highest BCUT2D eigenvalue weighted by Crippen LogP contribution is 2.07. The molecule has 0 spiro atoms. The fraction of sp³-hybridized carbons (Fsp3) is 0.182. The highest BCUT2D eigenvalue weighted by atomic mass is 16.5. The number of ether oxygens (including phenoxy) is 1. The molecule has 76 valence electrons. The molecule has 0 amide bonds. The van der Waals surface area contributed by atoms with Gasteiger partial charge in [0.15, 0.2) is 5.75 Å². The lowest BCUT2D eigenvalue weighted by Crippen LogP contribution is -1.99. The SMILES string of the molecule is Cc1cccc(COc2cncnc2)n1. The number of aryl methyl sites for hydroxylation is 1. The molecular weight excluding hydrogens is 190 g/mol. The molecule has 0 atom stereocenters. The number of aromatic nitrogens is 3. The van der Waals surface area contributed by atoms with Crippen LogP contribution < -0.4 is 4.74 Å². The summed E-state index contributed by atoms with van der Waals surface area (Å²) in [5, 5.41) is 0. The van der Waals surface area contributed by atoms with Gasteiger partial charge in [-0.1, -0.05) is 6.07 Å². The summed E-state index contributed by atoms with van der Waals surface area (Å²) >= 11 is 0. The maximum absolute atomic E-state index is 5.46. The van der Waals surface area contributed by atoms with Crippen LogP contribution in [-0.4, -0.2) is 15.0 Å². The Hall–Kier alpha value is -1.97. The molecule has 0 aliphatic heterocycles. The maximum atomic E-state index is 5.46. The zero-order valence-electron chi connectivity index (χ0n) is 8.42. The van der Waals surface area contributed by atoms with E-state index in [0.717, 1.165) is 11.4 Å². The molecule has 0 bridgehead atoms. The van der Waals surface area contributed by atoms with E-state index >= 15 is 0 Å². The summed E-state index contributed by atoms with van der Waals surface area (Å²) in [7, 11) is 0. The standard InChI is InChI=1S/C11H11N3O/c1-9-3-2-4-10(14-9)7-15-11-5-12-8-13-6-11/h2-6,8H,7H2,1H3. The van der Waals surface area contributed by atoms with E-state index in [9.17, 15) is 0 Å². The Labute approximate surface area is 88.0 Å². The number of hydrogen-bond acceptors (Lipinski definition) is 4. The Morgan fingerprint density at radius 1 is 1.20 bits per heavy atom. The van der Waals surface area contributed by atoms with E-state index < -0.39 is 0 Å². The Morgan fingerprint density at radius 2 is 2.00 bits per heavy atom. The molecule has 2 aromatic rings. The third kappa shape index (κ3) is 2.74. The molecule has 0 radical (unpaired) electrons. The lowest BCUT2D eigenvalue weighted by Gasteiger charge is -2.04. The Morgan fingerprint density at radius 3 is 2.73 bits per heavy atom. The van der Waals surface area contributed by atoms with Gasteiger partial charge in [-0.3, -0.25) is 4.98 Å². The first-order chi connectivity index (χ1) is 7.34. The van der Waals surface area contributed by atoms with Crippen molar-refractivity contribution in [2.24, 2.45) is 0 Å². The molecule has 0 aliphatic carbocycles. The first-order valence-corrected chi connectivity index (χ1v) is 4.65. The van der Waals surface area contributed by atoms with Crippen molar-refractivity contribution in [1.29, 1.82) is 0 Å². The highest BCUT2D eigenvalue weighted by Gasteiger charge is 1.97. The van der Waals surface area contributed by atoms with Crippen LogP contribution in [-0.2, 0) is 6.61 Å². The van der Waals surface area contributed by atoms with Crippen molar-refractivity contribution < 1.29 is 4.74 Å². The summed E-state index contributed by atoms with van der Waals surface area (Å²) in [5.74, 6) is 0.654. The topological polar surface area (TPSA) is 47.9 Å². The van der Waals surface area contributed by atoms with E-state index in [2.05, 4.69) is 15.0 Å². The zero-order valence-corrected chi connectivity index (χ0v) is 8.42. The monoisotopic (exact) mass is 201 g/mol. The molecule has 4 nitrogen and oxygen atoms in total. The molecule has 2 heterocycles. The van der Waals surface area contributed by atoms with Gasteiger partial charge in [0.25, 0.3) is 0 Å². The summed E-state index contributed by atoms with van der Waals surface area (Å²) in [6, 6.07) is 5.84. The second-order valence-electron chi connectivity index (χ2n) is 3.13. The molecule has 0 saturated carbocycles. The smallest absolute Gasteiger partial charge is 0.156 e. The quantitative estimate of drug-likeness (QED) is 0.759. The fourth-order valence-electron chi connectivity index (χ4n) is 1.20. The van der Waals surface area contributed by atoms with E-state index in [1.54, 1.807) is 12.4 Å². The van der Waals surface area contributed by atoms with Crippen LogP contribution in [0.1, 0.15) is 11.4 Å². The van der Waals surface area contributed by atoms with Crippen molar-refractivity contribution in [2.45, 2.75) is 13.5 Å². The van der Waals surface area contributed by atoms with E-state index in [-0.39, 0.29) is 0 Å². The van der Waals surface area contributed by atoms with Crippen molar-refractivity contribution in [1.82, 2.24) is 15.0 Å². The second kappa shape index (κ2) is 4.50. The van der Waals surface area contributed by atoms with Crippen LogP contribution in [0.15, 0.2) is 36.9 Å². The maximum Gasteiger partial charge on any atom is 0.156 e. The average molecular weight is 201 g/mol. The van der Waals surface area contributed by atoms with Gasteiger partial charge in [-0.05, 0) is 19.1 Å². The number of nitrogens with zero attached hydrogens (tertiary/aromatic N) is 3. The van der Waals surface area contributed by atoms with Crippen LogP contribution in [0.2, 0.25) is 0 Å². The largest absolute Gasteiger partial charge is 0.484 e. The van der Waals surface area contributed by atoms with Gasteiger partial charge in [0, 0.05) is 5.69 Å². The van der Waals surface area contributed by atoms with E-state index in [0.29, 0.717) is 12.4 Å². The van der Waals surface area contributed by atoms with Gasteiger partial charge >= 0.3 is 0 Å². The lowest BCUT2D eigenvalue weighted by molar-refractivity contribution is 0.298. The Kier molecular flexibility index (Phi) is 2.88. The number of rotatable bonds is 3. The van der Waals surface area contributed by atoms with Crippen molar-refractivity contribution >= 4 is 0 Å². The average Bonchev–Trinajstić information content (AvgIpc) is 2.28. The van der Waals surface area contributed by atoms with Gasteiger partial charge < -0.3 is 4.74 Å². The molecule has 2 aromatic heterocycles. The summed E-state index contributed by atoms with van der Waals surface area (Å²) in [6.07, 6.45) is 4.73. The van der Waals surface area contributed by atoms with Crippen molar-refractivity contribution in [3.63, 3.8) is 0 Å². The molecule has 0 aliphatic rings. The van der Waals surface area contributed by atoms with E-state index in [1.165, 1.54) is 6.33 Å². The van der Waals surface area contributed by atoms with Crippen molar-refractivity contribution in [2.75, 3.05) is 0 Å². The minimum absolute atomic E-state index is 0.440. The third-order valence-corrected chi connectivity index (χ3v) is 1.87. The van der Waals surface area contributed by atoms with Gasteiger partial charge in [0.1, 0.15) is 12.9 Å². The minimum Gasteiger partial charge on any atom is -0.484 e. The third-order valence-electron chi connectivity index (χ3n) is 1.87. The van der Waals surface area contributed by atoms with Gasteiger partial charge in [-0.2, -0.15) is 0 Å². The normalized spacial score (nSPS) is 9.93. The van der Waals surface area contributed by atoms with E-state index in [1.807, 2.05) is 25.1 Å². The van der Waals surface area contributed by atoms with Gasteiger partial charge in [-0.15, -0.1) is 0 Å². The van der Waals surface area contributed by atoms with Crippen LogP contribution in [0.25, 0.3) is 0 Å². The Bertz CT molecular complexity index is 431. The zero-order chi connectivity index (χ0) is 10.5. The van der Waals surface area contributed by atoms with Crippen LogP contribution in [0.4, 0.5) is 0 Å². The molecule has 0 saturated heterocycles. The molecule has 0 N–H and O–H groups in total. The first-order valence-electron chi connectivity index (χ1n) is 4.65. The molecule has 0 unspecified atom stereocenters. The minimum atomic E-state index is 0.440. The summed E-state index contributed by atoms with van der Waals surface area (Å²) in [5.41, 5.74) is 1.89. The van der Waals surface area contributed by atoms with Gasteiger partial charge in [-0.25, -0.2) is 9.97 Å². The summed E-state index contributed by atoms with van der Waals surface area (Å²) < 4.78 is 5.46. The molecule has 4 heteroatoms. The second-order valence-corrected chi connectivity index (χ2v) is 3.13. The summed E-state index contributed by atoms with van der Waals surface area (Å²) in [6.45, 7) is 2.39. The van der Waals surface area contributed by atoms with Crippen LogP contribution in [0.3, 0.4) is 0 Å². The molecular formula is C11H11N3O. The van der Waals surface area contributed by atoms with Crippen molar-refractivity contribution in [3.05, 3.63) is 48.3 Å². The van der Waals surface area contributed by atoms with Gasteiger partial charge in [0.2, 0.25) is 0 Å². The van der Waals surface area contributed by atoms with Crippen molar-refractivity contribution in [3.8, 4) is 5.75 Å². The van der Waals surface area contributed by atoms with Crippen LogP contribution in [0.5, 0.6) is 5.75 Å².